The van der Waals surface area contributed by atoms with Gasteiger partial charge in [0.15, 0.2) is 0 Å². The van der Waals surface area contributed by atoms with Gasteiger partial charge in [0.25, 0.3) is 0 Å². The van der Waals surface area contributed by atoms with E-state index in [2.05, 4.69) is 4.74 Å². The first-order valence-corrected chi connectivity index (χ1v) is 4.12. The summed E-state index contributed by atoms with van der Waals surface area (Å²) in [6.07, 6.45) is 0. The van der Waals surface area contributed by atoms with E-state index in [9.17, 15) is 4.79 Å². The first-order valence-electron chi connectivity index (χ1n) is 4.12. The molecule has 0 aliphatic heterocycles. The molecule has 0 saturated heterocycles. The number of carbonyl (C=O) groups excluding carboxylic acids is 1. The molecule has 4 nitrogen and oxygen atoms in total. The predicted molar refractivity (Wildman–Crippen MR) is 52.3 cm³/mol. The van der Waals surface area contributed by atoms with Gasteiger partial charge in [-0.3, -0.25) is 0 Å². The molecule has 74 valence electrons. The van der Waals surface area contributed by atoms with Gasteiger partial charge in [-0.2, -0.15) is 0 Å². The minimum Gasteiger partial charge on any atom is -0.465 e. The lowest BCUT2D eigenvalue weighted by Crippen LogP contribution is -2.37. The summed E-state index contributed by atoms with van der Waals surface area (Å²) in [5.41, 5.74) is 1.02. The smallest absolute Gasteiger partial charge is 0.465 e. The van der Waals surface area contributed by atoms with E-state index in [1.807, 2.05) is 0 Å². The van der Waals surface area contributed by atoms with Crippen molar-refractivity contribution in [2.45, 2.75) is 6.92 Å². The first kappa shape index (κ1) is 10.8. The van der Waals surface area contributed by atoms with Gasteiger partial charge < -0.3 is 14.8 Å². The van der Waals surface area contributed by atoms with Gasteiger partial charge in [0.1, 0.15) is 0 Å². The van der Waals surface area contributed by atoms with Crippen LogP contribution in [0.3, 0.4) is 0 Å². The van der Waals surface area contributed by atoms with Crippen molar-refractivity contribution >= 4 is 18.6 Å². The molecule has 0 heterocycles. The Morgan fingerprint density at radius 2 is 2.07 bits per heavy atom. The Kier molecular flexibility index (Phi) is 3.27. The highest BCUT2D eigenvalue weighted by Crippen LogP contribution is 2.03. The lowest BCUT2D eigenvalue weighted by atomic mass is 9.74. The zero-order valence-electron chi connectivity index (χ0n) is 8.02. The summed E-state index contributed by atoms with van der Waals surface area (Å²) in [5.74, 6) is -0.572. The standard InChI is InChI=1S/C9H11BO4/c1-6-4-3-5-7(9(11)14-2)8(6)10(12)13/h3-5,12-13H,1-2H3. The number of benzene rings is 1. The number of hydrogen-bond donors (Lipinski definition) is 2. The van der Waals surface area contributed by atoms with E-state index in [-0.39, 0.29) is 11.0 Å². The van der Waals surface area contributed by atoms with Crippen LogP contribution in [0.5, 0.6) is 0 Å². The third-order valence-electron chi connectivity index (χ3n) is 1.99. The minimum atomic E-state index is -1.66. The van der Waals surface area contributed by atoms with Gasteiger partial charge in [-0.05, 0) is 18.5 Å². The molecular weight excluding hydrogens is 183 g/mol. The summed E-state index contributed by atoms with van der Waals surface area (Å²) in [4.78, 5) is 11.2. The number of aryl methyl sites for hydroxylation is 1. The molecule has 14 heavy (non-hydrogen) atoms. The fraction of sp³-hybridized carbons (Fsp3) is 0.222. The maximum absolute atomic E-state index is 11.2. The summed E-state index contributed by atoms with van der Waals surface area (Å²) >= 11 is 0. The first-order chi connectivity index (χ1) is 6.57. The Hall–Kier alpha value is -1.33. The third-order valence-corrected chi connectivity index (χ3v) is 1.99. The Labute approximate surface area is 82.3 Å². The van der Waals surface area contributed by atoms with Crippen molar-refractivity contribution in [1.29, 1.82) is 0 Å². The molecule has 0 aromatic heterocycles. The zero-order valence-corrected chi connectivity index (χ0v) is 8.02. The van der Waals surface area contributed by atoms with Gasteiger partial charge in [-0.25, -0.2) is 4.79 Å². The lowest BCUT2D eigenvalue weighted by molar-refractivity contribution is 0.0601. The van der Waals surface area contributed by atoms with Crippen molar-refractivity contribution in [1.82, 2.24) is 0 Å². The number of carbonyl (C=O) groups is 1. The number of hydrogen-bond acceptors (Lipinski definition) is 4. The number of ether oxygens (including phenoxy) is 1. The topological polar surface area (TPSA) is 66.8 Å². The van der Waals surface area contributed by atoms with Crippen LogP contribution in [-0.2, 0) is 4.74 Å². The van der Waals surface area contributed by atoms with E-state index in [0.29, 0.717) is 5.56 Å². The fourth-order valence-electron chi connectivity index (χ4n) is 1.31. The fourth-order valence-corrected chi connectivity index (χ4v) is 1.31. The average Bonchev–Trinajstić information content (AvgIpc) is 2.15. The van der Waals surface area contributed by atoms with Crippen LogP contribution >= 0.6 is 0 Å². The molecule has 0 saturated carbocycles. The number of esters is 1. The van der Waals surface area contributed by atoms with Crippen molar-refractivity contribution in [3.63, 3.8) is 0 Å². The summed E-state index contributed by atoms with van der Waals surface area (Å²) in [6, 6.07) is 4.85. The molecule has 0 aliphatic carbocycles. The molecule has 0 fully saturated rings. The molecular formula is C9H11BO4. The van der Waals surface area contributed by atoms with E-state index < -0.39 is 13.1 Å². The summed E-state index contributed by atoms with van der Waals surface area (Å²) in [5, 5.41) is 18.2. The largest absolute Gasteiger partial charge is 0.489 e. The molecule has 0 amide bonds. The second-order valence-electron chi connectivity index (χ2n) is 2.90. The second-order valence-corrected chi connectivity index (χ2v) is 2.90. The van der Waals surface area contributed by atoms with Crippen LogP contribution in [0.2, 0.25) is 0 Å². The maximum Gasteiger partial charge on any atom is 0.489 e. The normalized spacial score (nSPS) is 9.71. The molecule has 0 unspecified atom stereocenters. The van der Waals surface area contributed by atoms with Crippen LogP contribution < -0.4 is 5.46 Å². The SMILES string of the molecule is COC(=O)c1cccc(C)c1B(O)O. The van der Waals surface area contributed by atoms with E-state index in [0.717, 1.165) is 0 Å². The minimum absolute atomic E-state index is 0.183. The Bertz CT molecular complexity index is 349. The molecule has 2 N–H and O–H groups in total. The van der Waals surface area contributed by atoms with Crippen molar-refractivity contribution < 1.29 is 19.6 Å². The maximum atomic E-state index is 11.2. The summed E-state index contributed by atoms with van der Waals surface area (Å²) in [7, 11) is -0.414. The van der Waals surface area contributed by atoms with Crippen molar-refractivity contribution in [2.75, 3.05) is 7.11 Å². The van der Waals surface area contributed by atoms with Crippen LogP contribution in [0, 0.1) is 6.92 Å². The Morgan fingerprint density at radius 1 is 1.43 bits per heavy atom. The highest BCUT2D eigenvalue weighted by Gasteiger charge is 2.22. The second kappa shape index (κ2) is 4.26. The van der Waals surface area contributed by atoms with Crippen LogP contribution in [0.4, 0.5) is 0 Å². The van der Waals surface area contributed by atoms with Gasteiger partial charge in [-0.15, -0.1) is 0 Å². The monoisotopic (exact) mass is 194 g/mol. The molecule has 0 bridgehead atoms. The highest BCUT2D eigenvalue weighted by atomic mass is 16.5. The molecule has 0 atom stereocenters. The molecule has 0 aliphatic rings. The number of rotatable bonds is 2. The van der Waals surface area contributed by atoms with Crippen molar-refractivity contribution in [2.24, 2.45) is 0 Å². The van der Waals surface area contributed by atoms with Crippen LogP contribution in [0.25, 0.3) is 0 Å². The third kappa shape index (κ3) is 1.94. The van der Waals surface area contributed by atoms with Crippen molar-refractivity contribution in [3.05, 3.63) is 29.3 Å². The molecule has 5 heteroatoms. The van der Waals surface area contributed by atoms with Gasteiger partial charge in [0, 0.05) is 0 Å². The van der Waals surface area contributed by atoms with Gasteiger partial charge in [0.05, 0.1) is 12.7 Å². The molecule has 1 rings (SSSR count). The van der Waals surface area contributed by atoms with Crippen molar-refractivity contribution in [3.8, 4) is 0 Å². The molecule has 0 radical (unpaired) electrons. The highest BCUT2D eigenvalue weighted by molar-refractivity contribution is 6.60. The Balaban J connectivity index is 3.28. The zero-order chi connectivity index (χ0) is 10.7. The van der Waals surface area contributed by atoms with Crippen LogP contribution in [0.15, 0.2) is 18.2 Å². The Morgan fingerprint density at radius 3 is 2.57 bits per heavy atom. The predicted octanol–water partition coefficient (Wildman–Crippen LogP) is -0.539. The van der Waals surface area contributed by atoms with Crippen LogP contribution in [0.1, 0.15) is 15.9 Å². The van der Waals surface area contributed by atoms with E-state index in [1.165, 1.54) is 13.2 Å². The van der Waals surface area contributed by atoms with E-state index >= 15 is 0 Å². The van der Waals surface area contributed by atoms with Crippen LogP contribution in [-0.4, -0.2) is 30.2 Å². The number of methoxy groups -OCH3 is 1. The van der Waals surface area contributed by atoms with Gasteiger partial charge >= 0.3 is 13.1 Å². The molecule has 0 spiro atoms. The quantitative estimate of drug-likeness (QED) is 0.490. The molecule has 1 aromatic rings. The van der Waals surface area contributed by atoms with E-state index in [4.69, 9.17) is 10.0 Å². The van der Waals surface area contributed by atoms with Gasteiger partial charge in [0.2, 0.25) is 0 Å². The van der Waals surface area contributed by atoms with E-state index in [1.54, 1.807) is 19.1 Å². The lowest BCUT2D eigenvalue weighted by Gasteiger charge is -2.09. The summed E-state index contributed by atoms with van der Waals surface area (Å²) < 4.78 is 4.52. The summed E-state index contributed by atoms with van der Waals surface area (Å²) in [6.45, 7) is 1.70. The average molecular weight is 194 g/mol. The molecule has 1 aromatic carbocycles. The van der Waals surface area contributed by atoms with Gasteiger partial charge in [-0.1, -0.05) is 17.7 Å².